The molecule has 0 aliphatic carbocycles. The van der Waals surface area contributed by atoms with E-state index >= 15 is 0 Å². The van der Waals surface area contributed by atoms with Gasteiger partial charge in [-0.2, -0.15) is 0 Å². The Hall–Kier alpha value is -3.67. The SMILES string of the molecule is COC(=O)c1ccc(-c2cccc(OC)c2CNC(=O)c2ccccn2)cc1. The zero-order valence-electron chi connectivity index (χ0n) is 15.6. The standard InChI is InChI=1S/C22H20N2O4/c1-27-20-8-5-6-17(15-9-11-16(12-10-15)22(26)28-2)18(20)14-24-21(25)19-7-3-4-13-23-19/h3-13H,14H2,1-2H3,(H,24,25). The third kappa shape index (κ3) is 4.17. The number of benzene rings is 2. The largest absolute Gasteiger partial charge is 0.496 e. The predicted octanol–water partition coefficient (Wildman–Crippen LogP) is 3.47. The van der Waals surface area contributed by atoms with E-state index in [2.05, 4.69) is 10.3 Å². The smallest absolute Gasteiger partial charge is 0.337 e. The molecule has 1 N–H and O–H groups in total. The highest BCUT2D eigenvalue weighted by Crippen LogP contribution is 2.31. The number of hydrogen-bond acceptors (Lipinski definition) is 5. The van der Waals surface area contributed by atoms with Crippen LogP contribution < -0.4 is 10.1 Å². The highest BCUT2D eigenvalue weighted by atomic mass is 16.5. The molecular formula is C22H20N2O4. The van der Waals surface area contributed by atoms with Crippen molar-refractivity contribution < 1.29 is 19.1 Å². The lowest BCUT2D eigenvalue weighted by Gasteiger charge is -2.15. The molecule has 6 heteroatoms. The van der Waals surface area contributed by atoms with Gasteiger partial charge in [0.1, 0.15) is 11.4 Å². The molecular weight excluding hydrogens is 356 g/mol. The number of methoxy groups -OCH3 is 2. The molecule has 3 rings (SSSR count). The van der Waals surface area contributed by atoms with Crippen LogP contribution in [0.25, 0.3) is 11.1 Å². The zero-order valence-corrected chi connectivity index (χ0v) is 15.6. The number of carbonyl (C=O) groups is 2. The zero-order chi connectivity index (χ0) is 19.9. The van der Waals surface area contributed by atoms with Crippen LogP contribution in [0.2, 0.25) is 0 Å². The van der Waals surface area contributed by atoms with Gasteiger partial charge in [0.05, 0.1) is 19.8 Å². The first-order valence-corrected chi connectivity index (χ1v) is 8.68. The average molecular weight is 376 g/mol. The fourth-order valence-electron chi connectivity index (χ4n) is 2.87. The molecule has 28 heavy (non-hydrogen) atoms. The third-order valence-corrected chi connectivity index (χ3v) is 4.29. The van der Waals surface area contributed by atoms with Crippen molar-refractivity contribution >= 4 is 11.9 Å². The van der Waals surface area contributed by atoms with Gasteiger partial charge in [0.25, 0.3) is 5.91 Å². The first-order chi connectivity index (χ1) is 13.6. The van der Waals surface area contributed by atoms with Crippen molar-refractivity contribution in [3.63, 3.8) is 0 Å². The number of rotatable bonds is 6. The molecule has 0 saturated carbocycles. The molecule has 142 valence electrons. The Morgan fingerprint density at radius 2 is 1.75 bits per heavy atom. The van der Waals surface area contributed by atoms with Gasteiger partial charge in [-0.25, -0.2) is 4.79 Å². The fourth-order valence-corrected chi connectivity index (χ4v) is 2.87. The number of carbonyl (C=O) groups excluding carboxylic acids is 2. The summed E-state index contributed by atoms with van der Waals surface area (Å²) in [6.45, 7) is 0.271. The Balaban J connectivity index is 1.88. The highest BCUT2D eigenvalue weighted by Gasteiger charge is 2.14. The van der Waals surface area contributed by atoms with E-state index in [9.17, 15) is 9.59 Å². The van der Waals surface area contributed by atoms with E-state index in [-0.39, 0.29) is 18.4 Å². The second-order valence-corrected chi connectivity index (χ2v) is 5.95. The van der Waals surface area contributed by atoms with Crippen LogP contribution in [0.4, 0.5) is 0 Å². The third-order valence-electron chi connectivity index (χ3n) is 4.29. The molecule has 0 atom stereocenters. The number of ether oxygens (including phenoxy) is 2. The van der Waals surface area contributed by atoms with E-state index in [4.69, 9.17) is 9.47 Å². The van der Waals surface area contributed by atoms with E-state index in [1.165, 1.54) is 7.11 Å². The average Bonchev–Trinajstić information content (AvgIpc) is 2.77. The van der Waals surface area contributed by atoms with E-state index < -0.39 is 0 Å². The predicted molar refractivity (Wildman–Crippen MR) is 105 cm³/mol. The minimum atomic E-state index is -0.389. The topological polar surface area (TPSA) is 77.5 Å². The van der Waals surface area contributed by atoms with Gasteiger partial charge in [-0.15, -0.1) is 0 Å². The first-order valence-electron chi connectivity index (χ1n) is 8.68. The minimum absolute atomic E-state index is 0.265. The molecule has 2 aromatic carbocycles. The van der Waals surface area contributed by atoms with Gasteiger partial charge in [-0.1, -0.05) is 30.3 Å². The molecule has 0 unspecified atom stereocenters. The summed E-state index contributed by atoms with van der Waals surface area (Å²) >= 11 is 0. The number of esters is 1. The summed E-state index contributed by atoms with van der Waals surface area (Å²) in [5, 5.41) is 2.88. The van der Waals surface area contributed by atoms with Crippen molar-refractivity contribution in [3.8, 4) is 16.9 Å². The summed E-state index contributed by atoms with van der Waals surface area (Å²) in [6, 6.07) is 17.9. The summed E-state index contributed by atoms with van der Waals surface area (Å²) < 4.78 is 10.2. The quantitative estimate of drug-likeness (QED) is 0.667. The number of nitrogens with zero attached hydrogens (tertiary/aromatic N) is 1. The van der Waals surface area contributed by atoms with Gasteiger partial charge in [0.2, 0.25) is 0 Å². The summed E-state index contributed by atoms with van der Waals surface area (Å²) in [5.41, 5.74) is 3.45. The van der Waals surface area contributed by atoms with Crippen LogP contribution in [0.3, 0.4) is 0 Å². The van der Waals surface area contributed by atoms with E-state index in [1.807, 2.05) is 30.3 Å². The van der Waals surface area contributed by atoms with Crippen LogP contribution in [0.5, 0.6) is 5.75 Å². The maximum atomic E-state index is 12.4. The van der Waals surface area contributed by atoms with E-state index in [0.29, 0.717) is 17.0 Å². The Morgan fingerprint density at radius 3 is 2.39 bits per heavy atom. The Bertz CT molecular complexity index is 970. The first kappa shape index (κ1) is 19.1. The Morgan fingerprint density at radius 1 is 0.964 bits per heavy atom. The summed E-state index contributed by atoms with van der Waals surface area (Å²) in [7, 11) is 2.93. The molecule has 0 saturated heterocycles. The number of hydrogen-bond donors (Lipinski definition) is 1. The Kier molecular flexibility index (Phi) is 6.01. The van der Waals surface area contributed by atoms with Gasteiger partial charge in [0, 0.05) is 18.3 Å². The molecule has 3 aromatic rings. The maximum absolute atomic E-state index is 12.4. The van der Waals surface area contributed by atoms with Gasteiger partial charge in [-0.3, -0.25) is 9.78 Å². The minimum Gasteiger partial charge on any atom is -0.496 e. The lowest BCUT2D eigenvalue weighted by Crippen LogP contribution is -2.24. The molecule has 1 aromatic heterocycles. The van der Waals surface area contributed by atoms with Gasteiger partial charge in [0.15, 0.2) is 0 Å². The van der Waals surface area contributed by atoms with E-state index in [0.717, 1.165) is 16.7 Å². The fraction of sp³-hybridized carbons (Fsp3) is 0.136. The molecule has 0 radical (unpaired) electrons. The van der Waals surface area contributed by atoms with Gasteiger partial charge < -0.3 is 14.8 Å². The van der Waals surface area contributed by atoms with Crippen molar-refractivity contribution in [2.45, 2.75) is 6.54 Å². The molecule has 1 heterocycles. The van der Waals surface area contributed by atoms with E-state index in [1.54, 1.807) is 43.6 Å². The number of amides is 1. The van der Waals surface area contributed by atoms with Gasteiger partial charge >= 0.3 is 5.97 Å². The van der Waals surface area contributed by atoms with Crippen LogP contribution in [0.15, 0.2) is 66.9 Å². The number of aromatic nitrogens is 1. The second-order valence-electron chi connectivity index (χ2n) is 5.95. The van der Waals surface area contributed by atoms with Gasteiger partial charge in [-0.05, 0) is 41.5 Å². The maximum Gasteiger partial charge on any atom is 0.337 e. The molecule has 0 aliphatic rings. The van der Waals surface area contributed by atoms with Crippen LogP contribution in [-0.4, -0.2) is 31.1 Å². The van der Waals surface area contributed by atoms with Crippen LogP contribution in [0.1, 0.15) is 26.4 Å². The van der Waals surface area contributed by atoms with Crippen molar-refractivity contribution in [2.75, 3.05) is 14.2 Å². The lowest BCUT2D eigenvalue weighted by molar-refractivity contribution is 0.0600. The number of pyridine rings is 1. The van der Waals surface area contributed by atoms with Crippen molar-refractivity contribution in [2.24, 2.45) is 0 Å². The van der Waals surface area contributed by atoms with Crippen molar-refractivity contribution in [3.05, 3.63) is 83.7 Å². The lowest BCUT2D eigenvalue weighted by atomic mass is 9.97. The summed E-state index contributed by atoms with van der Waals surface area (Å²) in [5.74, 6) is 0.00870. The summed E-state index contributed by atoms with van der Waals surface area (Å²) in [4.78, 5) is 28.1. The van der Waals surface area contributed by atoms with Crippen molar-refractivity contribution in [1.29, 1.82) is 0 Å². The Labute approximate surface area is 163 Å². The van der Waals surface area contributed by atoms with Crippen LogP contribution in [0, 0.1) is 0 Å². The molecule has 0 aliphatic heterocycles. The number of nitrogens with one attached hydrogen (secondary N) is 1. The molecule has 0 spiro atoms. The van der Waals surface area contributed by atoms with Crippen molar-refractivity contribution in [1.82, 2.24) is 10.3 Å². The molecule has 0 bridgehead atoms. The second kappa shape index (κ2) is 8.81. The van der Waals surface area contributed by atoms with Crippen LogP contribution >= 0.6 is 0 Å². The highest BCUT2D eigenvalue weighted by molar-refractivity contribution is 5.92. The molecule has 6 nitrogen and oxygen atoms in total. The summed E-state index contributed by atoms with van der Waals surface area (Å²) in [6.07, 6.45) is 1.58. The molecule has 1 amide bonds. The normalized spacial score (nSPS) is 10.2. The monoisotopic (exact) mass is 376 g/mol. The van der Waals surface area contributed by atoms with Crippen LogP contribution in [-0.2, 0) is 11.3 Å². The molecule has 0 fully saturated rings.